The minimum absolute atomic E-state index is 0.276. The lowest BCUT2D eigenvalue weighted by molar-refractivity contribution is -0.481. The third-order valence-electron chi connectivity index (χ3n) is 2.67. The van der Waals surface area contributed by atoms with Crippen LogP contribution in [0.1, 0.15) is 0 Å². The molecule has 1 aromatic carbocycles. The number of hydrogen-bond donors (Lipinski definition) is 1. The molecule has 0 spiro atoms. The lowest BCUT2D eigenvalue weighted by atomic mass is 10.2. The quantitative estimate of drug-likeness (QED) is 0.466. The van der Waals surface area contributed by atoms with Crippen LogP contribution in [0.5, 0.6) is 5.75 Å². The molecule has 0 unspecified atom stereocenters. The number of pyridine rings is 2. The summed E-state index contributed by atoms with van der Waals surface area (Å²) >= 11 is 5.98. The van der Waals surface area contributed by atoms with E-state index in [1.165, 1.54) is 0 Å². The second-order valence-electron chi connectivity index (χ2n) is 3.69. The van der Waals surface area contributed by atoms with E-state index in [0.717, 1.165) is 16.4 Å². The smallest absolute Gasteiger partial charge is 0.223 e. The highest BCUT2D eigenvalue weighted by molar-refractivity contribution is 6.31. The van der Waals surface area contributed by atoms with Gasteiger partial charge in [0.2, 0.25) is 11.0 Å². The lowest BCUT2D eigenvalue weighted by Gasteiger charge is -2.00. The number of halogens is 1. The van der Waals surface area contributed by atoms with Gasteiger partial charge in [-0.05, 0) is 18.2 Å². The average Bonchev–Trinajstić information content (AvgIpc) is 2.29. The highest BCUT2D eigenvalue weighted by atomic mass is 35.5. The Morgan fingerprint density at radius 3 is 2.81 bits per heavy atom. The molecule has 3 heteroatoms. The van der Waals surface area contributed by atoms with E-state index in [1.54, 1.807) is 12.1 Å². The zero-order chi connectivity index (χ0) is 11.1. The van der Waals surface area contributed by atoms with Crippen molar-refractivity contribution in [1.82, 2.24) is 0 Å². The Balaban J connectivity index is 2.61. The number of nitrogens with zero attached hydrogens (tertiary/aromatic N) is 1. The third kappa shape index (κ3) is 1.31. The molecule has 1 N–H and O–H groups in total. The Bertz CT molecular complexity index is 694. The Kier molecular flexibility index (Phi) is 1.98. The van der Waals surface area contributed by atoms with Crippen molar-refractivity contribution in [3.05, 3.63) is 53.7 Å². The second-order valence-corrected chi connectivity index (χ2v) is 4.12. The van der Waals surface area contributed by atoms with Gasteiger partial charge in [0.15, 0.2) is 6.20 Å². The molecule has 0 saturated heterocycles. The van der Waals surface area contributed by atoms with Crippen LogP contribution in [0.3, 0.4) is 0 Å². The molecule has 0 aliphatic rings. The van der Waals surface area contributed by atoms with Gasteiger partial charge in [-0.2, -0.15) is 4.40 Å². The molecule has 0 radical (unpaired) electrons. The number of fused-ring (bicyclic) bond motifs is 3. The summed E-state index contributed by atoms with van der Waals surface area (Å²) in [5.41, 5.74) is 1.85. The molecule has 0 fully saturated rings. The van der Waals surface area contributed by atoms with E-state index in [4.69, 9.17) is 11.6 Å². The second kappa shape index (κ2) is 3.35. The monoisotopic (exact) mass is 230 g/mol. The fraction of sp³-hybridized carbons (Fsp3) is 0. The Labute approximate surface area is 97.3 Å². The van der Waals surface area contributed by atoms with E-state index < -0.39 is 0 Å². The number of aromatic hydroxyl groups is 1. The molecule has 2 nitrogen and oxygen atoms in total. The average molecular weight is 231 g/mol. The first-order valence-electron chi connectivity index (χ1n) is 4.97. The highest BCUT2D eigenvalue weighted by Gasteiger charge is 2.12. The Morgan fingerprint density at radius 1 is 1.06 bits per heavy atom. The first-order chi connectivity index (χ1) is 7.75. The number of benzene rings is 1. The molecule has 0 aliphatic heterocycles. The fourth-order valence-electron chi connectivity index (χ4n) is 1.93. The van der Waals surface area contributed by atoms with Crippen LogP contribution < -0.4 is 4.40 Å². The first kappa shape index (κ1) is 9.43. The molecular weight excluding hydrogens is 222 g/mol. The zero-order valence-corrected chi connectivity index (χ0v) is 9.15. The van der Waals surface area contributed by atoms with Crippen LogP contribution in [0, 0.1) is 0 Å². The minimum Gasteiger partial charge on any atom is -0.507 e. The van der Waals surface area contributed by atoms with E-state index in [9.17, 15) is 5.11 Å². The van der Waals surface area contributed by atoms with E-state index in [1.807, 2.05) is 40.9 Å². The maximum absolute atomic E-state index is 9.90. The van der Waals surface area contributed by atoms with Crippen LogP contribution in [0.25, 0.3) is 16.4 Å². The molecule has 16 heavy (non-hydrogen) atoms. The van der Waals surface area contributed by atoms with Crippen LogP contribution in [-0.2, 0) is 0 Å². The van der Waals surface area contributed by atoms with Gasteiger partial charge in [-0.3, -0.25) is 0 Å². The highest BCUT2D eigenvalue weighted by Crippen LogP contribution is 2.25. The largest absolute Gasteiger partial charge is 0.507 e. The van der Waals surface area contributed by atoms with Gasteiger partial charge >= 0.3 is 0 Å². The van der Waals surface area contributed by atoms with Crippen molar-refractivity contribution >= 4 is 28.0 Å². The van der Waals surface area contributed by atoms with Crippen LogP contribution in [0.2, 0.25) is 5.02 Å². The third-order valence-corrected chi connectivity index (χ3v) is 2.91. The predicted octanol–water partition coefficient (Wildman–Crippen LogP) is 2.94. The molecule has 0 amide bonds. The SMILES string of the molecule is Oc1cc2cccc[n+]2c2cc(Cl)ccc12. The molecule has 0 aliphatic carbocycles. The number of rotatable bonds is 0. The summed E-state index contributed by atoms with van der Waals surface area (Å²) in [6.07, 6.45) is 1.95. The zero-order valence-electron chi connectivity index (χ0n) is 8.39. The van der Waals surface area contributed by atoms with E-state index in [-0.39, 0.29) is 5.75 Å². The van der Waals surface area contributed by atoms with Crippen LogP contribution in [0.15, 0.2) is 48.7 Å². The van der Waals surface area contributed by atoms with E-state index in [0.29, 0.717) is 5.02 Å². The number of hydrogen-bond acceptors (Lipinski definition) is 1. The maximum Gasteiger partial charge on any atom is 0.223 e. The lowest BCUT2D eigenvalue weighted by Crippen LogP contribution is -2.21. The topological polar surface area (TPSA) is 24.3 Å². The Hall–Kier alpha value is -1.80. The molecule has 3 aromatic rings. The minimum atomic E-state index is 0.276. The van der Waals surface area contributed by atoms with Gasteiger partial charge in [-0.1, -0.05) is 11.6 Å². The molecule has 3 rings (SSSR count). The molecule has 2 heterocycles. The van der Waals surface area contributed by atoms with Crippen LogP contribution in [0.4, 0.5) is 0 Å². The maximum atomic E-state index is 9.90. The molecule has 78 valence electrons. The van der Waals surface area contributed by atoms with Crippen molar-refractivity contribution in [2.75, 3.05) is 0 Å². The van der Waals surface area contributed by atoms with Crippen molar-refractivity contribution < 1.29 is 9.51 Å². The fourth-order valence-corrected chi connectivity index (χ4v) is 2.10. The van der Waals surface area contributed by atoms with Gasteiger partial charge in [0, 0.05) is 23.2 Å². The van der Waals surface area contributed by atoms with Crippen molar-refractivity contribution in [1.29, 1.82) is 0 Å². The molecule has 2 aromatic heterocycles. The first-order valence-corrected chi connectivity index (χ1v) is 5.35. The summed E-state index contributed by atoms with van der Waals surface area (Å²) in [5, 5.41) is 11.4. The van der Waals surface area contributed by atoms with Crippen LogP contribution in [-0.4, -0.2) is 5.11 Å². The summed E-state index contributed by atoms with van der Waals surface area (Å²) in [6.45, 7) is 0. The van der Waals surface area contributed by atoms with E-state index in [2.05, 4.69) is 0 Å². The van der Waals surface area contributed by atoms with Gasteiger partial charge in [-0.25, -0.2) is 0 Å². The summed E-state index contributed by atoms with van der Waals surface area (Å²) in [7, 11) is 0. The summed E-state index contributed by atoms with van der Waals surface area (Å²) in [4.78, 5) is 0. The van der Waals surface area contributed by atoms with Crippen LogP contribution >= 0.6 is 11.6 Å². The van der Waals surface area contributed by atoms with Crippen molar-refractivity contribution in [3.63, 3.8) is 0 Å². The number of aromatic nitrogens is 1. The van der Waals surface area contributed by atoms with Gasteiger partial charge in [0.05, 0.1) is 11.5 Å². The summed E-state index contributed by atoms with van der Waals surface area (Å²) < 4.78 is 2.00. The van der Waals surface area contributed by atoms with Crippen molar-refractivity contribution in [2.24, 2.45) is 0 Å². The predicted molar refractivity (Wildman–Crippen MR) is 63.8 cm³/mol. The van der Waals surface area contributed by atoms with Gasteiger partial charge in [-0.15, -0.1) is 0 Å². The normalized spacial score (nSPS) is 11.1. The summed E-state index contributed by atoms with van der Waals surface area (Å²) in [6, 6.07) is 13.0. The van der Waals surface area contributed by atoms with Gasteiger partial charge in [0.1, 0.15) is 5.75 Å². The summed E-state index contributed by atoms with van der Waals surface area (Å²) in [5.74, 6) is 0.276. The van der Waals surface area contributed by atoms with Gasteiger partial charge < -0.3 is 5.11 Å². The van der Waals surface area contributed by atoms with Crippen molar-refractivity contribution in [3.8, 4) is 5.75 Å². The Morgan fingerprint density at radius 2 is 1.94 bits per heavy atom. The van der Waals surface area contributed by atoms with Crippen molar-refractivity contribution in [2.45, 2.75) is 0 Å². The molecule has 0 bridgehead atoms. The molecule has 0 atom stereocenters. The van der Waals surface area contributed by atoms with Gasteiger partial charge in [0.25, 0.3) is 0 Å². The molecular formula is C13H9ClNO+. The standard InChI is InChI=1S/C13H8ClNO/c14-9-4-5-11-12(7-9)15-6-2-1-3-10(15)8-13(11)16/h1-8H/p+1. The molecule has 0 saturated carbocycles. The van der Waals surface area contributed by atoms with E-state index >= 15 is 0 Å².